The minimum absolute atomic E-state index is 0.372. The molecule has 1 aliphatic heterocycles. The summed E-state index contributed by atoms with van der Waals surface area (Å²) in [5.41, 5.74) is 8.15. The van der Waals surface area contributed by atoms with E-state index in [1.807, 2.05) is 6.07 Å². The Bertz CT molecular complexity index is 1310. The van der Waals surface area contributed by atoms with Crippen LogP contribution < -0.4 is 4.90 Å². The van der Waals surface area contributed by atoms with E-state index in [-0.39, 0.29) is 0 Å². The quantitative estimate of drug-likeness (QED) is 0.242. The Labute approximate surface area is 239 Å². The summed E-state index contributed by atoms with van der Waals surface area (Å²) in [6.45, 7) is 14.2. The number of carboxylic acids is 1. The van der Waals surface area contributed by atoms with E-state index in [1.54, 1.807) is 6.07 Å². The number of rotatable bonds is 12. The first-order chi connectivity index (χ1) is 19.5. The summed E-state index contributed by atoms with van der Waals surface area (Å²) in [4.78, 5) is 17.1. The molecule has 2 heterocycles. The lowest BCUT2D eigenvalue weighted by Crippen LogP contribution is -2.32. The molecule has 0 radical (unpaired) electrons. The number of aromatic nitrogens is 1. The lowest BCUT2D eigenvalue weighted by Gasteiger charge is -2.28. The van der Waals surface area contributed by atoms with Gasteiger partial charge in [0.2, 0.25) is 0 Å². The second kappa shape index (κ2) is 13.2. The Kier molecular flexibility index (Phi) is 9.48. The Morgan fingerprint density at radius 1 is 1.02 bits per heavy atom. The molecule has 2 aliphatic rings. The highest BCUT2D eigenvalue weighted by atomic mass is 16.5. The number of aryl methyl sites for hydroxylation is 1. The number of carboxylic acid groups (broad SMARTS) is 1. The Balaban J connectivity index is 1.49. The van der Waals surface area contributed by atoms with Gasteiger partial charge < -0.3 is 24.2 Å². The van der Waals surface area contributed by atoms with E-state index in [1.165, 1.54) is 65.6 Å². The summed E-state index contributed by atoms with van der Waals surface area (Å²) in [6.07, 6.45) is 8.49. The first-order valence-corrected chi connectivity index (χ1v) is 15.6. The van der Waals surface area contributed by atoms with Crippen LogP contribution in [0.25, 0.3) is 22.2 Å². The molecule has 0 saturated heterocycles. The molecule has 0 bridgehead atoms. The van der Waals surface area contributed by atoms with E-state index < -0.39 is 5.97 Å². The highest BCUT2D eigenvalue weighted by Gasteiger charge is 2.30. The number of ether oxygens (including phenoxy) is 1. The lowest BCUT2D eigenvalue weighted by molar-refractivity contribution is 0.0697. The molecule has 6 heteroatoms. The highest BCUT2D eigenvalue weighted by molar-refractivity contribution is 5.99. The van der Waals surface area contributed by atoms with Gasteiger partial charge in [-0.2, -0.15) is 0 Å². The van der Waals surface area contributed by atoms with Crippen LogP contribution in [0.2, 0.25) is 0 Å². The third kappa shape index (κ3) is 6.08. The first kappa shape index (κ1) is 28.7. The van der Waals surface area contributed by atoms with Gasteiger partial charge in [0.25, 0.3) is 0 Å². The van der Waals surface area contributed by atoms with Crippen molar-refractivity contribution >= 4 is 22.6 Å². The van der Waals surface area contributed by atoms with Crippen LogP contribution in [0.5, 0.6) is 0 Å². The normalized spacial score (nSPS) is 15.8. The zero-order valence-corrected chi connectivity index (χ0v) is 24.8. The second-order valence-electron chi connectivity index (χ2n) is 11.6. The predicted octanol–water partition coefficient (Wildman–Crippen LogP) is 7.32. The summed E-state index contributed by atoms with van der Waals surface area (Å²) in [5.74, 6) is -0.330. The summed E-state index contributed by atoms with van der Waals surface area (Å²) >= 11 is 0. The number of fused-ring (bicyclic) bond motifs is 5. The number of anilines is 1. The van der Waals surface area contributed by atoms with Gasteiger partial charge in [0.1, 0.15) is 0 Å². The van der Waals surface area contributed by atoms with Crippen molar-refractivity contribution in [1.82, 2.24) is 9.47 Å². The number of benzene rings is 2. The van der Waals surface area contributed by atoms with Gasteiger partial charge in [0.15, 0.2) is 0 Å². The third-order valence-corrected chi connectivity index (χ3v) is 9.02. The number of aromatic carboxylic acids is 1. The molecule has 5 rings (SSSR count). The molecule has 1 N–H and O–H groups in total. The average molecular weight is 546 g/mol. The molecule has 3 aromatic rings. The highest BCUT2D eigenvalue weighted by Crippen LogP contribution is 2.47. The lowest BCUT2D eigenvalue weighted by atomic mass is 9.81. The van der Waals surface area contributed by atoms with Gasteiger partial charge >= 0.3 is 5.97 Å². The molecule has 0 spiro atoms. The minimum atomic E-state index is -0.857. The number of carbonyl (C=O) groups is 1. The summed E-state index contributed by atoms with van der Waals surface area (Å²) < 4.78 is 8.00. The topological polar surface area (TPSA) is 57.9 Å². The van der Waals surface area contributed by atoms with Crippen LogP contribution in [0.4, 0.5) is 5.69 Å². The van der Waals surface area contributed by atoms with Gasteiger partial charge in [-0.15, -0.1) is 0 Å². The number of nitrogens with zero attached hydrogens (tertiary/aromatic N) is 3. The van der Waals surface area contributed by atoms with Gasteiger partial charge in [-0.3, -0.25) is 0 Å². The summed E-state index contributed by atoms with van der Waals surface area (Å²) in [7, 11) is 0. The second-order valence-corrected chi connectivity index (χ2v) is 11.6. The largest absolute Gasteiger partial charge is 0.478 e. The Hall–Kier alpha value is -2.83. The smallest absolute Gasteiger partial charge is 0.335 e. The zero-order chi connectivity index (χ0) is 28.1. The van der Waals surface area contributed by atoms with Crippen molar-refractivity contribution in [2.45, 2.75) is 78.2 Å². The van der Waals surface area contributed by atoms with Gasteiger partial charge in [-0.25, -0.2) is 4.79 Å². The zero-order valence-electron chi connectivity index (χ0n) is 24.8. The molecular formula is C34H47N3O3. The molecule has 40 heavy (non-hydrogen) atoms. The van der Waals surface area contributed by atoms with Crippen LogP contribution in [0, 0.1) is 6.92 Å². The van der Waals surface area contributed by atoms with Crippen molar-refractivity contribution in [3.8, 4) is 11.3 Å². The molecular weight excluding hydrogens is 498 g/mol. The van der Waals surface area contributed by atoms with E-state index in [0.29, 0.717) is 11.5 Å². The molecule has 2 aromatic carbocycles. The third-order valence-electron chi connectivity index (χ3n) is 9.02. The molecule has 6 nitrogen and oxygen atoms in total. The van der Waals surface area contributed by atoms with Gasteiger partial charge in [-0.05, 0) is 87.9 Å². The molecule has 1 aliphatic carbocycles. The fourth-order valence-corrected chi connectivity index (χ4v) is 6.96. The van der Waals surface area contributed by atoms with E-state index in [2.05, 4.69) is 59.4 Å². The van der Waals surface area contributed by atoms with Crippen LogP contribution in [-0.4, -0.2) is 66.5 Å². The van der Waals surface area contributed by atoms with E-state index in [9.17, 15) is 9.90 Å². The van der Waals surface area contributed by atoms with Crippen LogP contribution in [0.3, 0.4) is 0 Å². The van der Waals surface area contributed by atoms with Crippen molar-refractivity contribution < 1.29 is 14.6 Å². The molecule has 216 valence electrons. The van der Waals surface area contributed by atoms with Crippen LogP contribution in [0.1, 0.15) is 86.2 Å². The Morgan fingerprint density at radius 2 is 1.82 bits per heavy atom. The van der Waals surface area contributed by atoms with Gasteiger partial charge in [0, 0.05) is 61.5 Å². The minimum Gasteiger partial charge on any atom is -0.478 e. The average Bonchev–Trinajstić information content (AvgIpc) is 3.20. The van der Waals surface area contributed by atoms with Crippen LogP contribution >= 0.6 is 0 Å². The van der Waals surface area contributed by atoms with Crippen LogP contribution in [0.15, 0.2) is 36.4 Å². The van der Waals surface area contributed by atoms with E-state index in [0.717, 1.165) is 70.8 Å². The first-order valence-electron chi connectivity index (χ1n) is 15.6. The summed E-state index contributed by atoms with van der Waals surface area (Å²) in [5, 5.41) is 11.1. The maximum Gasteiger partial charge on any atom is 0.335 e. The Morgan fingerprint density at radius 3 is 2.58 bits per heavy atom. The van der Waals surface area contributed by atoms with Crippen LogP contribution in [-0.2, 0) is 11.3 Å². The molecule has 0 atom stereocenters. The van der Waals surface area contributed by atoms with Gasteiger partial charge in [0.05, 0.1) is 11.3 Å². The maximum absolute atomic E-state index is 11.9. The van der Waals surface area contributed by atoms with Crippen molar-refractivity contribution in [1.29, 1.82) is 0 Å². The molecule has 0 amide bonds. The van der Waals surface area contributed by atoms with E-state index in [4.69, 9.17) is 4.74 Å². The monoisotopic (exact) mass is 545 g/mol. The van der Waals surface area contributed by atoms with Crippen molar-refractivity contribution in [2.24, 2.45) is 0 Å². The molecule has 1 aromatic heterocycles. The van der Waals surface area contributed by atoms with Crippen molar-refractivity contribution in [3.05, 3.63) is 53.1 Å². The van der Waals surface area contributed by atoms with E-state index >= 15 is 0 Å². The predicted molar refractivity (Wildman–Crippen MR) is 165 cm³/mol. The molecule has 0 unspecified atom stereocenters. The standard InChI is InChI=1S/C34H47N3O3/c1-4-35(18-10-22-40-5-2)17-9-19-36-20-21-37-31-24-27(34(38)39)14-16-28(31)32(26-11-7-6-8-12-26)33(37)29-15-13-25(3)23-30(29)36/h13-16,23-24,26H,4-12,17-22H2,1-3H3,(H,38,39). The number of hydrogen-bond donors (Lipinski definition) is 1. The summed E-state index contributed by atoms with van der Waals surface area (Å²) in [6, 6.07) is 12.7. The van der Waals surface area contributed by atoms with Crippen molar-refractivity contribution in [3.63, 3.8) is 0 Å². The number of hydrogen-bond acceptors (Lipinski definition) is 4. The molecule has 1 fully saturated rings. The fourth-order valence-electron chi connectivity index (χ4n) is 6.96. The molecule has 1 saturated carbocycles. The van der Waals surface area contributed by atoms with Crippen molar-refractivity contribution in [2.75, 3.05) is 50.8 Å². The maximum atomic E-state index is 11.9. The SMILES string of the molecule is CCOCCCN(CC)CCCN1CCn2c(c(C3CCCCC3)c3ccc(C(=O)O)cc32)-c2ccc(C)cc21. The van der Waals surface area contributed by atoms with Gasteiger partial charge in [-0.1, -0.05) is 44.4 Å². The fraction of sp³-hybridized carbons (Fsp3) is 0.559.